The topological polar surface area (TPSA) is 75.3 Å². The number of hydrogen-bond acceptors (Lipinski definition) is 4. The molecule has 7 heteroatoms. The summed E-state index contributed by atoms with van der Waals surface area (Å²) in [4.78, 5) is 13.7. The van der Waals surface area contributed by atoms with Crippen LogP contribution in [-0.4, -0.2) is 20.1 Å². The fourth-order valence-electron chi connectivity index (χ4n) is 2.74. The Labute approximate surface area is 182 Å². The van der Waals surface area contributed by atoms with Crippen LogP contribution in [0.25, 0.3) is 0 Å². The molecule has 0 aromatic heterocycles. The van der Waals surface area contributed by atoms with Crippen LogP contribution in [0.1, 0.15) is 29.3 Å². The van der Waals surface area contributed by atoms with Crippen molar-refractivity contribution in [2.24, 2.45) is 0 Å². The molecule has 0 aliphatic carbocycles. The average Bonchev–Trinajstić information content (AvgIpc) is 2.74. The van der Waals surface area contributed by atoms with E-state index in [0.29, 0.717) is 16.9 Å². The molecular formula is C23H24N2O3S2. The summed E-state index contributed by atoms with van der Waals surface area (Å²) >= 11 is 1.65. The van der Waals surface area contributed by atoms with Gasteiger partial charge in [-0.2, -0.15) is 0 Å². The normalized spacial score (nSPS) is 11.1. The molecule has 0 unspecified atom stereocenters. The van der Waals surface area contributed by atoms with Crippen molar-refractivity contribution < 1.29 is 13.2 Å². The lowest BCUT2D eigenvalue weighted by molar-refractivity contribution is 0.102. The van der Waals surface area contributed by atoms with E-state index in [9.17, 15) is 13.2 Å². The van der Waals surface area contributed by atoms with Gasteiger partial charge in [-0.05, 0) is 67.6 Å². The monoisotopic (exact) mass is 440 g/mol. The number of amides is 1. The maximum absolute atomic E-state index is 12.7. The van der Waals surface area contributed by atoms with Crippen LogP contribution in [0, 0.1) is 6.92 Å². The molecule has 30 heavy (non-hydrogen) atoms. The maximum atomic E-state index is 12.7. The lowest BCUT2D eigenvalue weighted by atomic mass is 10.2. The average molecular weight is 441 g/mol. The number of benzene rings is 3. The van der Waals surface area contributed by atoms with Crippen molar-refractivity contribution in [3.8, 4) is 0 Å². The van der Waals surface area contributed by atoms with Gasteiger partial charge in [0.05, 0.1) is 10.5 Å². The number of nitrogens with one attached hydrogen (secondary N) is 2. The quantitative estimate of drug-likeness (QED) is 0.450. The molecule has 0 radical (unpaired) electrons. The molecule has 0 fully saturated rings. The summed E-state index contributed by atoms with van der Waals surface area (Å²) in [7, 11) is -3.71. The molecule has 3 aromatic rings. The van der Waals surface area contributed by atoms with Crippen molar-refractivity contribution in [1.29, 1.82) is 0 Å². The van der Waals surface area contributed by atoms with Crippen LogP contribution >= 0.6 is 11.8 Å². The second-order valence-electron chi connectivity index (χ2n) is 6.79. The lowest BCUT2D eigenvalue weighted by Gasteiger charge is -2.11. The fourth-order valence-corrected chi connectivity index (χ4v) is 4.72. The van der Waals surface area contributed by atoms with E-state index in [1.54, 1.807) is 42.1 Å². The highest BCUT2D eigenvalue weighted by Gasteiger charge is 2.15. The summed E-state index contributed by atoms with van der Waals surface area (Å²) in [6.07, 6.45) is 1.02. The predicted octanol–water partition coefficient (Wildman–Crippen LogP) is 5.55. The highest BCUT2D eigenvalue weighted by Crippen LogP contribution is 2.25. The summed E-state index contributed by atoms with van der Waals surface area (Å²) in [6.45, 7) is 4.03. The molecule has 0 atom stereocenters. The first-order valence-electron chi connectivity index (χ1n) is 9.62. The smallest absolute Gasteiger partial charge is 0.261 e. The Morgan fingerprint density at radius 3 is 2.20 bits per heavy atom. The molecule has 0 aliphatic rings. The van der Waals surface area contributed by atoms with Crippen LogP contribution < -0.4 is 10.0 Å². The highest BCUT2D eigenvalue weighted by molar-refractivity contribution is 7.99. The third-order valence-corrected chi connectivity index (χ3v) is 7.00. The molecule has 0 saturated heterocycles. The number of anilines is 2. The summed E-state index contributed by atoms with van der Waals surface area (Å²) in [6, 6.07) is 20.7. The molecule has 2 N–H and O–H groups in total. The molecular weight excluding hydrogens is 416 g/mol. The number of thioether (sulfide) groups is 1. The molecule has 156 valence electrons. The van der Waals surface area contributed by atoms with Crippen molar-refractivity contribution in [2.75, 3.05) is 15.8 Å². The van der Waals surface area contributed by atoms with E-state index in [-0.39, 0.29) is 10.8 Å². The standard InChI is InChI=1S/C23H24N2O3S2/c1-3-16-29-22-7-5-4-6-21(22)23(26)24-18-12-14-20(15-13-18)30(27,28)25-19-10-8-17(2)9-11-19/h4-15,25H,3,16H2,1-2H3,(H,24,26). The van der Waals surface area contributed by atoms with Gasteiger partial charge in [-0.1, -0.05) is 36.8 Å². The Bertz CT molecular complexity index is 1110. The Balaban J connectivity index is 1.71. The first-order valence-corrected chi connectivity index (χ1v) is 12.1. The molecule has 3 rings (SSSR count). The lowest BCUT2D eigenvalue weighted by Crippen LogP contribution is -2.14. The van der Waals surface area contributed by atoms with E-state index in [1.807, 2.05) is 37.3 Å². The first-order chi connectivity index (χ1) is 14.4. The molecule has 5 nitrogen and oxygen atoms in total. The van der Waals surface area contributed by atoms with Gasteiger partial charge >= 0.3 is 0 Å². The molecule has 0 saturated carbocycles. The van der Waals surface area contributed by atoms with Gasteiger partial charge in [0.2, 0.25) is 0 Å². The second kappa shape index (κ2) is 9.82. The zero-order valence-corrected chi connectivity index (χ0v) is 18.5. The summed E-state index contributed by atoms with van der Waals surface area (Å²) in [5, 5.41) is 2.84. The second-order valence-corrected chi connectivity index (χ2v) is 9.61. The zero-order valence-electron chi connectivity index (χ0n) is 16.9. The van der Waals surface area contributed by atoms with E-state index < -0.39 is 10.0 Å². The van der Waals surface area contributed by atoms with E-state index in [4.69, 9.17) is 0 Å². The molecule has 0 spiro atoms. The third kappa shape index (κ3) is 5.64. The van der Waals surface area contributed by atoms with E-state index in [1.165, 1.54) is 12.1 Å². The molecule has 3 aromatic carbocycles. The molecule has 0 heterocycles. The van der Waals surface area contributed by atoms with Gasteiger partial charge in [0, 0.05) is 16.3 Å². The van der Waals surface area contributed by atoms with Crippen molar-refractivity contribution in [3.05, 3.63) is 83.9 Å². The maximum Gasteiger partial charge on any atom is 0.261 e. The SMILES string of the molecule is CCCSc1ccccc1C(=O)Nc1ccc(S(=O)(=O)Nc2ccc(C)cc2)cc1. The Hall–Kier alpha value is -2.77. The highest BCUT2D eigenvalue weighted by atomic mass is 32.2. The summed E-state index contributed by atoms with van der Waals surface area (Å²) in [5.41, 5.74) is 2.69. The third-order valence-electron chi connectivity index (χ3n) is 4.32. The number of rotatable bonds is 8. The van der Waals surface area contributed by atoms with Gasteiger partial charge in [-0.25, -0.2) is 8.42 Å². The van der Waals surface area contributed by atoms with Gasteiger partial charge in [0.1, 0.15) is 0 Å². The fraction of sp³-hybridized carbons (Fsp3) is 0.174. The summed E-state index contributed by atoms with van der Waals surface area (Å²) in [5.74, 6) is 0.716. The minimum Gasteiger partial charge on any atom is -0.322 e. The van der Waals surface area contributed by atoms with Crippen molar-refractivity contribution in [3.63, 3.8) is 0 Å². The van der Waals surface area contributed by atoms with Crippen LogP contribution in [0.15, 0.2) is 82.6 Å². The number of carbonyl (C=O) groups excluding carboxylic acids is 1. The summed E-state index contributed by atoms with van der Waals surface area (Å²) < 4.78 is 27.7. The van der Waals surface area contributed by atoms with Gasteiger partial charge in [0.25, 0.3) is 15.9 Å². The van der Waals surface area contributed by atoms with Crippen molar-refractivity contribution >= 4 is 39.1 Å². The van der Waals surface area contributed by atoms with Crippen molar-refractivity contribution in [2.45, 2.75) is 30.1 Å². The van der Waals surface area contributed by atoms with Gasteiger partial charge in [-0.15, -0.1) is 11.8 Å². The minimum atomic E-state index is -3.71. The van der Waals surface area contributed by atoms with Crippen LogP contribution in [-0.2, 0) is 10.0 Å². The molecule has 0 aliphatic heterocycles. The van der Waals surface area contributed by atoms with Crippen LogP contribution in [0.2, 0.25) is 0 Å². The zero-order chi connectivity index (χ0) is 21.6. The Morgan fingerprint density at radius 2 is 1.53 bits per heavy atom. The van der Waals surface area contributed by atoms with E-state index in [2.05, 4.69) is 17.0 Å². The number of aryl methyl sites for hydroxylation is 1. The van der Waals surface area contributed by atoms with Crippen LogP contribution in [0.4, 0.5) is 11.4 Å². The first kappa shape index (κ1) is 21.9. The largest absolute Gasteiger partial charge is 0.322 e. The minimum absolute atomic E-state index is 0.125. The van der Waals surface area contributed by atoms with Gasteiger partial charge < -0.3 is 5.32 Å². The van der Waals surface area contributed by atoms with Gasteiger partial charge in [-0.3, -0.25) is 9.52 Å². The van der Waals surface area contributed by atoms with E-state index in [0.717, 1.165) is 22.6 Å². The van der Waals surface area contributed by atoms with Gasteiger partial charge in [0.15, 0.2) is 0 Å². The Kier molecular flexibility index (Phi) is 7.18. The molecule has 0 bridgehead atoms. The Morgan fingerprint density at radius 1 is 0.900 bits per heavy atom. The number of carbonyl (C=O) groups is 1. The van der Waals surface area contributed by atoms with Crippen LogP contribution in [0.3, 0.4) is 0 Å². The van der Waals surface area contributed by atoms with Crippen LogP contribution in [0.5, 0.6) is 0 Å². The molecule has 1 amide bonds. The van der Waals surface area contributed by atoms with E-state index >= 15 is 0 Å². The van der Waals surface area contributed by atoms with Crippen molar-refractivity contribution in [1.82, 2.24) is 0 Å². The number of hydrogen-bond donors (Lipinski definition) is 2. The number of sulfonamides is 1. The predicted molar refractivity (Wildman–Crippen MR) is 124 cm³/mol.